The maximum Gasteiger partial charge on any atom is 0.152 e. The van der Waals surface area contributed by atoms with E-state index in [1.54, 1.807) is 30.3 Å². The molecule has 0 aliphatic heterocycles. The summed E-state index contributed by atoms with van der Waals surface area (Å²) in [5, 5.41) is 9.27. The highest BCUT2D eigenvalue weighted by Crippen LogP contribution is 2.31. The zero-order chi connectivity index (χ0) is 14.8. The summed E-state index contributed by atoms with van der Waals surface area (Å²) in [6.45, 7) is 0. The molecule has 2 N–H and O–H groups in total. The van der Waals surface area contributed by atoms with Gasteiger partial charge in [0, 0.05) is 5.56 Å². The normalized spacial score (nSPS) is 10.3. The molecular weight excluding hydrogens is 269 g/mol. The Morgan fingerprint density at radius 3 is 2.57 bits per heavy atom. The molecule has 0 radical (unpaired) electrons. The maximum absolute atomic E-state index is 13.0. The van der Waals surface area contributed by atoms with Gasteiger partial charge in [0.1, 0.15) is 29.0 Å². The van der Waals surface area contributed by atoms with Crippen LogP contribution in [0.15, 0.2) is 53.1 Å². The number of benzene rings is 1. The first-order valence-corrected chi connectivity index (χ1v) is 6.19. The van der Waals surface area contributed by atoms with Crippen LogP contribution in [0.2, 0.25) is 0 Å². The van der Waals surface area contributed by atoms with Crippen molar-refractivity contribution >= 4 is 5.82 Å². The number of furan rings is 1. The molecule has 0 spiro atoms. The number of nitriles is 1. The van der Waals surface area contributed by atoms with Crippen LogP contribution in [0.3, 0.4) is 0 Å². The third kappa shape index (κ3) is 2.35. The van der Waals surface area contributed by atoms with E-state index >= 15 is 0 Å². The second kappa shape index (κ2) is 5.10. The predicted octanol–water partition coefficient (Wildman–Crippen LogP) is 3.60. The van der Waals surface area contributed by atoms with Gasteiger partial charge in [-0.1, -0.05) is 12.1 Å². The van der Waals surface area contributed by atoms with E-state index < -0.39 is 0 Å². The molecule has 5 heteroatoms. The number of pyridine rings is 1. The van der Waals surface area contributed by atoms with E-state index in [1.165, 1.54) is 18.4 Å². The zero-order valence-corrected chi connectivity index (χ0v) is 10.9. The summed E-state index contributed by atoms with van der Waals surface area (Å²) in [6, 6.07) is 13.1. The van der Waals surface area contributed by atoms with Crippen LogP contribution >= 0.6 is 0 Å². The monoisotopic (exact) mass is 279 g/mol. The van der Waals surface area contributed by atoms with Gasteiger partial charge < -0.3 is 10.2 Å². The number of nitrogens with zero attached hydrogens (tertiary/aromatic N) is 2. The molecule has 0 saturated heterocycles. The van der Waals surface area contributed by atoms with Crippen molar-refractivity contribution in [3.63, 3.8) is 0 Å². The lowest BCUT2D eigenvalue weighted by molar-refractivity contribution is 0.580. The van der Waals surface area contributed by atoms with E-state index in [1.807, 2.05) is 6.07 Å². The molecule has 3 rings (SSSR count). The van der Waals surface area contributed by atoms with Crippen LogP contribution in [0.25, 0.3) is 22.6 Å². The fourth-order valence-corrected chi connectivity index (χ4v) is 2.09. The van der Waals surface area contributed by atoms with Crippen molar-refractivity contribution in [2.75, 3.05) is 5.73 Å². The molecule has 0 amide bonds. The number of hydrogen-bond donors (Lipinski definition) is 1. The number of anilines is 1. The second-order valence-electron chi connectivity index (χ2n) is 4.41. The zero-order valence-electron chi connectivity index (χ0n) is 10.9. The summed E-state index contributed by atoms with van der Waals surface area (Å²) in [4.78, 5) is 4.18. The van der Waals surface area contributed by atoms with Crippen molar-refractivity contribution in [3.8, 4) is 28.7 Å². The van der Waals surface area contributed by atoms with Gasteiger partial charge in [-0.05, 0) is 35.9 Å². The summed E-state index contributed by atoms with van der Waals surface area (Å²) in [5.74, 6) is 0.325. The molecule has 0 aliphatic carbocycles. The Labute approximate surface area is 120 Å². The van der Waals surface area contributed by atoms with Crippen LogP contribution in [0.5, 0.6) is 0 Å². The Morgan fingerprint density at radius 2 is 1.95 bits per heavy atom. The molecule has 1 aromatic carbocycles. The van der Waals surface area contributed by atoms with Crippen molar-refractivity contribution in [1.82, 2.24) is 4.98 Å². The van der Waals surface area contributed by atoms with Crippen LogP contribution in [0.1, 0.15) is 5.56 Å². The van der Waals surface area contributed by atoms with Gasteiger partial charge >= 0.3 is 0 Å². The molecule has 2 heterocycles. The first-order valence-electron chi connectivity index (χ1n) is 6.19. The van der Waals surface area contributed by atoms with E-state index in [2.05, 4.69) is 4.98 Å². The van der Waals surface area contributed by atoms with Crippen LogP contribution in [-0.4, -0.2) is 4.98 Å². The molecule has 4 nitrogen and oxygen atoms in total. The van der Waals surface area contributed by atoms with Crippen molar-refractivity contribution in [2.45, 2.75) is 0 Å². The minimum Gasteiger partial charge on any atom is -0.463 e. The highest BCUT2D eigenvalue weighted by Gasteiger charge is 2.14. The minimum atomic E-state index is -0.342. The topological polar surface area (TPSA) is 75.8 Å². The van der Waals surface area contributed by atoms with E-state index in [0.29, 0.717) is 22.6 Å². The number of hydrogen-bond acceptors (Lipinski definition) is 4. The van der Waals surface area contributed by atoms with Crippen LogP contribution in [0.4, 0.5) is 10.2 Å². The first kappa shape index (κ1) is 12.9. The van der Waals surface area contributed by atoms with Crippen molar-refractivity contribution in [1.29, 1.82) is 5.26 Å². The standard InChI is InChI=1S/C16H10FN3O/c17-11-5-3-10(4-6-11)12-8-14(15-2-1-7-21-15)20-16(19)13(12)9-18/h1-8H,(H2,19,20). The van der Waals surface area contributed by atoms with Gasteiger partial charge in [-0.15, -0.1) is 0 Å². The lowest BCUT2D eigenvalue weighted by Crippen LogP contribution is -1.99. The van der Waals surface area contributed by atoms with E-state index in [0.717, 1.165) is 0 Å². The fourth-order valence-electron chi connectivity index (χ4n) is 2.09. The summed E-state index contributed by atoms with van der Waals surface area (Å²) in [6.07, 6.45) is 1.53. The molecule has 2 aromatic heterocycles. The maximum atomic E-state index is 13.0. The number of rotatable bonds is 2. The van der Waals surface area contributed by atoms with Gasteiger partial charge in [-0.2, -0.15) is 5.26 Å². The van der Waals surface area contributed by atoms with E-state index in [-0.39, 0.29) is 17.2 Å². The SMILES string of the molecule is N#Cc1c(-c2ccc(F)cc2)cc(-c2ccco2)nc1N. The van der Waals surface area contributed by atoms with Gasteiger partial charge in [0.15, 0.2) is 5.76 Å². The largest absolute Gasteiger partial charge is 0.463 e. The quantitative estimate of drug-likeness (QED) is 0.777. The average molecular weight is 279 g/mol. The Bertz CT molecular complexity index is 818. The van der Waals surface area contributed by atoms with Gasteiger partial charge in [0.2, 0.25) is 0 Å². The molecule has 0 unspecified atom stereocenters. The molecule has 0 aliphatic rings. The fraction of sp³-hybridized carbons (Fsp3) is 0. The Kier molecular flexibility index (Phi) is 3.13. The minimum absolute atomic E-state index is 0.116. The molecule has 21 heavy (non-hydrogen) atoms. The molecule has 0 fully saturated rings. The van der Waals surface area contributed by atoms with Gasteiger partial charge in [0.05, 0.1) is 6.26 Å². The Balaban J connectivity index is 2.22. The van der Waals surface area contributed by atoms with Crippen molar-refractivity contribution in [3.05, 3.63) is 60.1 Å². The molecule has 0 bridgehead atoms. The number of nitrogen functional groups attached to an aromatic ring is 1. The van der Waals surface area contributed by atoms with Crippen LogP contribution in [0, 0.1) is 17.1 Å². The average Bonchev–Trinajstić information content (AvgIpc) is 3.01. The molecular formula is C16H10FN3O. The Morgan fingerprint density at radius 1 is 1.19 bits per heavy atom. The lowest BCUT2D eigenvalue weighted by atomic mass is 10.00. The number of halogens is 1. The first-order chi connectivity index (χ1) is 10.2. The van der Waals surface area contributed by atoms with Gasteiger partial charge in [0.25, 0.3) is 0 Å². The second-order valence-corrected chi connectivity index (χ2v) is 4.41. The Hall–Kier alpha value is -3.13. The summed E-state index contributed by atoms with van der Waals surface area (Å²) >= 11 is 0. The predicted molar refractivity (Wildman–Crippen MR) is 76.5 cm³/mol. The summed E-state index contributed by atoms with van der Waals surface area (Å²) < 4.78 is 18.3. The van der Waals surface area contributed by atoms with E-state index in [9.17, 15) is 9.65 Å². The highest BCUT2D eigenvalue weighted by atomic mass is 19.1. The van der Waals surface area contributed by atoms with Crippen molar-refractivity contribution in [2.24, 2.45) is 0 Å². The third-order valence-electron chi connectivity index (χ3n) is 3.09. The molecule has 102 valence electrons. The van der Waals surface area contributed by atoms with Crippen LogP contribution < -0.4 is 5.73 Å². The number of nitrogens with two attached hydrogens (primary N) is 1. The van der Waals surface area contributed by atoms with E-state index in [4.69, 9.17) is 10.2 Å². The lowest BCUT2D eigenvalue weighted by Gasteiger charge is -2.08. The van der Waals surface area contributed by atoms with Crippen molar-refractivity contribution < 1.29 is 8.81 Å². The summed E-state index contributed by atoms with van der Waals surface area (Å²) in [7, 11) is 0. The smallest absolute Gasteiger partial charge is 0.152 e. The number of aromatic nitrogens is 1. The molecule has 3 aromatic rings. The van der Waals surface area contributed by atoms with Crippen LogP contribution in [-0.2, 0) is 0 Å². The molecule has 0 saturated carbocycles. The van der Waals surface area contributed by atoms with Gasteiger partial charge in [-0.25, -0.2) is 9.37 Å². The third-order valence-corrected chi connectivity index (χ3v) is 3.09. The van der Waals surface area contributed by atoms with Gasteiger partial charge in [-0.3, -0.25) is 0 Å². The molecule has 0 atom stereocenters. The highest BCUT2D eigenvalue weighted by molar-refractivity contribution is 5.79. The summed E-state index contributed by atoms with van der Waals surface area (Å²) in [5.41, 5.74) is 7.93.